The SMILES string of the molecule is C1C[C@@H]2N[C@H]1Cc1nnsc12. The van der Waals surface area contributed by atoms with E-state index in [0.29, 0.717) is 12.1 Å². The first-order valence-electron chi connectivity index (χ1n) is 4.00. The molecule has 1 N–H and O–H groups in total. The number of rotatable bonds is 0. The Bertz CT molecular complexity index is 283. The van der Waals surface area contributed by atoms with Crippen LogP contribution >= 0.6 is 11.5 Å². The minimum Gasteiger partial charge on any atom is -0.306 e. The molecule has 0 unspecified atom stereocenters. The lowest BCUT2D eigenvalue weighted by Crippen LogP contribution is -2.30. The van der Waals surface area contributed by atoms with Crippen LogP contribution in [-0.4, -0.2) is 15.6 Å². The molecule has 1 aromatic rings. The van der Waals surface area contributed by atoms with Gasteiger partial charge in [-0.1, -0.05) is 4.49 Å². The van der Waals surface area contributed by atoms with E-state index in [1.807, 2.05) is 0 Å². The van der Waals surface area contributed by atoms with Gasteiger partial charge in [0, 0.05) is 18.5 Å². The van der Waals surface area contributed by atoms with Crippen molar-refractivity contribution in [2.24, 2.45) is 0 Å². The zero-order valence-electron chi connectivity index (χ0n) is 6.08. The summed E-state index contributed by atoms with van der Waals surface area (Å²) in [6, 6.07) is 1.28. The molecule has 0 saturated carbocycles. The minimum absolute atomic E-state index is 0.587. The van der Waals surface area contributed by atoms with Gasteiger partial charge >= 0.3 is 0 Å². The molecule has 2 aliphatic rings. The van der Waals surface area contributed by atoms with Crippen LogP contribution in [0.5, 0.6) is 0 Å². The highest BCUT2D eigenvalue weighted by Crippen LogP contribution is 2.36. The largest absolute Gasteiger partial charge is 0.306 e. The molecule has 11 heavy (non-hydrogen) atoms. The summed E-state index contributed by atoms with van der Waals surface area (Å²) >= 11 is 1.56. The van der Waals surface area contributed by atoms with Gasteiger partial charge in [0.2, 0.25) is 0 Å². The van der Waals surface area contributed by atoms with Gasteiger partial charge in [-0.15, -0.1) is 5.10 Å². The molecular weight excluding hydrogens is 158 g/mol. The van der Waals surface area contributed by atoms with Gasteiger partial charge in [-0.2, -0.15) is 0 Å². The first kappa shape index (κ1) is 6.08. The lowest BCUT2D eigenvalue weighted by molar-refractivity contribution is 0.514. The standard InChI is InChI=1S/C7H9N3S/c1-2-5-7-6(9-10-11-7)3-4(1)8-5/h4-5,8H,1-3H2/t4-,5+/m1/s1. The number of fused-ring (bicyclic) bond motifs is 4. The first-order chi connectivity index (χ1) is 5.43. The fourth-order valence-corrected chi connectivity index (χ4v) is 2.81. The molecule has 3 heterocycles. The second-order valence-corrected chi connectivity index (χ2v) is 4.07. The fraction of sp³-hybridized carbons (Fsp3) is 0.714. The summed E-state index contributed by atoms with van der Waals surface area (Å²) in [5, 5.41) is 7.69. The van der Waals surface area contributed by atoms with Gasteiger partial charge in [-0.05, 0) is 24.4 Å². The maximum atomic E-state index is 4.13. The number of hydrogen-bond donors (Lipinski definition) is 1. The summed E-state index contributed by atoms with van der Waals surface area (Å²) in [5.41, 5.74) is 1.25. The third-order valence-corrected chi connectivity index (χ3v) is 3.46. The van der Waals surface area contributed by atoms with Gasteiger partial charge in [-0.3, -0.25) is 0 Å². The second-order valence-electron chi connectivity index (χ2n) is 3.28. The van der Waals surface area contributed by atoms with E-state index >= 15 is 0 Å². The smallest absolute Gasteiger partial charge is 0.0819 e. The summed E-state index contributed by atoms with van der Waals surface area (Å²) in [4.78, 5) is 1.39. The topological polar surface area (TPSA) is 37.8 Å². The number of nitrogens with zero attached hydrogens (tertiary/aromatic N) is 2. The molecule has 2 aliphatic heterocycles. The van der Waals surface area contributed by atoms with E-state index in [1.54, 1.807) is 11.5 Å². The van der Waals surface area contributed by atoms with Crippen LogP contribution in [0.4, 0.5) is 0 Å². The summed E-state index contributed by atoms with van der Waals surface area (Å²) in [6.07, 6.45) is 3.69. The molecule has 2 atom stereocenters. The van der Waals surface area contributed by atoms with Crippen molar-refractivity contribution in [3.05, 3.63) is 10.6 Å². The van der Waals surface area contributed by atoms with Gasteiger partial charge in [0.05, 0.1) is 10.6 Å². The number of hydrogen-bond acceptors (Lipinski definition) is 4. The maximum Gasteiger partial charge on any atom is 0.0819 e. The van der Waals surface area contributed by atoms with Gasteiger partial charge in [0.15, 0.2) is 0 Å². The van der Waals surface area contributed by atoms with Crippen molar-refractivity contribution in [3.8, 4) is 0 Å². The Hall–Kier alpha value is -0.480. The van der Waals surface area contributed by atoms with Gasteiger partial charge in [0.25, 0.3) is 0 Å². The first-order valence-corrected chi connectivity index (χ1v) is 4.78. The molecular formula is C7H9N3S. The lowest BCUT2D eigenvalue weighted by atomic mass is 10.1. The van der Waals surface area contributed by atoms with Crippen LogP contribution in [0.15, 0.2) is 0 Å². The predicted molar refractivity (Wildman–Crippen MR) is 42.5 cm³/mol. The molecule has 1 fully saturated rings. The normalized spacial score (nSPS) is 33.8. The number of aromatic nitrogens is 2. The second kappa shape index (κ2) is 2.01. The summed E-state index contributed by atoms with van der Waals surface area (Å²) in [5.74, 6) is 0. The molecule has 0 amide bonds. The number of nitrogens with one attached hydrogen (secondary N) is 1. The van der Waals surface area contributed by atoms with E-state index in [4.69, 9.17) is 0 Å². The molecule has 3 nitrogen and oxygen atoms in total. The predicted octanol–water partition coefficient (Wildman–Crippen LogP) is 0.887. The molecule has 0 radical (unpaired) electrons. The third kappa shape index (κ3) is 0.765. The van der Waals surface area contributed by atoms with Crippen molar-refractivity contribution >= 4 is 11.5 Å². The van der Waals surface area contributed by atoms with E-state index in [-0.39, 0.29) is 0 Å². The average molecular weight is 167 g/mol. The van der Waals surface area contributed by atoms with Gasteiger partial charge < -0.3 is 5.32 Å². The Morgan fingerprint density at radius 3 is 3.45 bits per heavy atom. The van der Waals surface area contributed by atoms with Crippen LogP contribution in [0.25, 0.3) is 0 Å². The van der Waals surface area contributed by atoms with Crippen LogP contribution in [0.1, 0.15) is 29.5 Å². The molecule has 1 aromatic heterocycles. The third-order valence-electron chi connectivity index (χ3n) is 2.58. The van der Waals surface area contributed by atoms with Crippen LogP contribution in [0.3, 0.4) is 0 Å². The highest BCUT2D eigenvalue weighted by molar-refractivity contribution is 7.05. The Morgan fingerprint density at radius 1 is 1.45 bits per heavy atom. The van der Waals surface area contributed by atoms with Crippen LogP contribution in [0.2, 0.25) is 0 Å². The Labute approximate surface area is 69.0 Å². The van der Waals surface area contributed by atoms with E-state index in [0.717, 1.165) is 6.42 Å². The summed E-state index contributed by atoms with van der Waals surface area (Å²) in [6.45, 7) is 0. The van der Waals surface area contributed by atoms with Crippen molar-refractivity contribution in [2.75, 3.05) is 0 Å². The van der Waals surface area contributed by atoms with Crippen molar-refractivity contribution in [1.82, 2.24) is 14.9 Å². The van der Waals surface area contributed by atoms with Crippen molar-refractivity contribution < 1.29 is 0 Å². The van der Waals surface area contributed by atoms with Crippen LogP contribution in [0, 0.1) is 0 Å². The molecule has 1 saturated heterocycles. The summed E-state index contributed by atoms with van der Waals surface area (Å²) < 4.78 is 3.97. The van der Waals surface area contributed by atoms with Crippen LogP contribution < -0.4 is 5.32 Å². The Kier molecular flexibility index (Phi) is 1.11. The average Bonchev–Trinajstić information content (AvgIpc) is 2.58. The molecule has 4 heteroatoms. The monoisotopic (exact) mass is 167 g/mol. The molecule has 58 valence electrons. The van der Waals surface area contributed by atoms with E-state index in [2.05, 4.69) is 14.9 Å². The minimum atomic E-state index is 0.587. The van der Waals surface area contributed by atoms with E-state index in [9.17, 15) is 0 Å². The van der Waals surface area contributed by atoms with Crippen molar-refractivity contribution in [1.29, 1.82) is 0 Å². The Morgan fingerprint density at radius 2 is 2.45 bits per heavy atom. The van der Waals surface area contributed by atoms with Crippen molar-refractivity contribution in [2.45, 2.75) is 31.3 Å². The maximum absolute atomic E-state index is 4.13. The Balaban J connectivity index is 2.12. The molecule has 2 bridgehead atoms. The van der Waals surface area contributed by atoms with Crippen LogP contribution in [-0.2, 0) is 6.42 Å². The summed E-state index contributed by atoms with van der Waals surface area (Å²) in [7, 11) is 0. The highest BCUT2D eigenvalue weighted by Gasteiger charge is 2.34. The fourth-order valence-electron chi connectivity index (χ4n) is 2.04. The van der Waals surface area contributed by atoms with Crippen molar-refractivity contribution in [3.63, 3.8) is 0 Å². The van der Waals surface area contributed by atoms with E-state index < -0.39 is 0 Å². The lowest BCUT2D eigenvalue weighted by Gasteiger charge is -2.18. The van der Waals surface area contributed by atoms with Gasteiger partial charge in [-0.25, -0.2) is 0 Å². The molecule has 0 aromatic carbocycles. The molecule has 0 aliphatic carbocycles. The highest BCUT2D eigenvalue weighted by atomic mass is 32.1. The zero-order chi connectivity index (χ0) is 7.26. The quantitative estimate of drug-likeness (QED) is 0.623. The molecule has 0 spiro atoms. The molecule has 3 rings (SSSR count). The van der Waals surface area contributed by atoms with Gasteiger partial charge in [0.1, 0.15) is 0 Å². The zero-order valence-corrected chi connectivity index (χ0v) is 6.90. The van der Waals surface area contributed by atoms with E-state index in [1.165, 1.54) is 23.4 Å².